The largest absolute Gasteiger partial charge is 0.458 e. The average molecular weight is 854 g/mol. The highest BCUT2D eigenvalue weighted by Gasteiger charge is 2.27. The number of unbranched alkanes of at least 4 members (excludes halogenated alkanes) is 12. The lowest BCUT2D eigenvalue weighted by molar-refractivity contribution is -0.159. The second-order valence-corrected chi connectivity index (χ2v) is 16.6. The zero-order valence-electron chi connectivity index (χ0n) is 35.4. The second kappa shape index (κ2) is 36.0. The van der Waals surface area contributed by atoms with E-state index >= 15 is 0 Å². The first-order chi connectivity index (χ1) is 27.6. The van der Waals surface area contributed by atoms with E-state index in [4.69, 9.17) is 34.0 Å². The summed E-state index contributed by atoms with van der Waals surface area (Å²) < 4.78 is 56.9. The molecule has 0 aliphatic heterocycles. The van der Waals surface area contributed by atoms with Crippen molar-refractivity contribution in [1.82, 2.24) is 21.3 Å². The lowest BCUT2D eigenvalue weighted by Gasteiger charge is -2.24. The molecule has 0 saturated carbocycles. The van der Waals surface area contributed by atoms with Gasteiger partial charge in [0.1, 0.15) is 24.9 Å². The SMILES string of the molecule is CC(C)(C)OC(=O)C(CCC(=O)NCCOCCOCC(=O)NCCOCCOCC(=O)NCCN)NC(=O)CCCCCCCCCCCCCCCS(=O)(=O)O. The van der Waals surface area contributed by atoms with Crippen molar-refractivity contribution in [1.29, 1.82) is 0 Å². The summed E-state index contributed by atoms with van der Waals surface area (Å²) in [6, 6.07) is -0.945. The Morgan fingerprint density at radius 2 is 1.00 bits per heavy atom. The number of hydrogen-bond acceptors (Lipinski definition) is 13. The molecule has 0 aliphatic carbocycles. The van der Waals surface area contributed by atoms with Gasteiger partial charge in [-0.2, -0.15) is 8.42 Å². The zero-order valence-corrected chi connectivity index (χ0v) is 36.2. The van der Waals surface area contributed by atoms with Crippen LogP contribution >= 0.6 is 0 Å². The van der Waals surface area contributed by atoms with Crippen molar-refractivity contribution in [3.8, 4) is 0 Å². The van der Waals surface area contributed by atoms with Crippen LogP contribution in [-0.4, -0.2) is 139 Å². The molecule has 0 aromatic heterocycles. The van der Waals surface area contributed by atoms with Gasteiger partial charge in [-0.25, -0.2) is 4.79 Å². The molecule has 1 atom stereocenters. The summed E-state index contributed by atoms with van der Waals surface area (Å²) in [6.45, 7) is 7.72. The number of carbonyl (C=O) groups excluding carboxylic acids is 5. The molecule has 58 heavy (non-hydrogen) atoms. The Labute approximate surface area is 346 Å². The van der Waals surface area contributed by atoms with Crippen molar-refractivity contribution < 1.29 is 60.6 Å². The monoisotopic (exact) mass is 854 g/mol. The fourth-order valence-electron chi connectivity index (χ4n) is 5.38. The van der Waals surface area contributed by atoms with E-state index in [1.807, 2.05) is 0 Å². The van der Waals surface area contributed by atoms with E-state index < -0.39 is 27.7 Å². The van der Waals surface area contributed by atoms with E-state index in [0.717, 1.165) is 64.2 Å². The van der Waals surface area contributed by atoms with Crippen molar-refractivity contribution in [3.05, 3.63) is 0 Å². The Morgan fingerprint density at radius 1 is 0.569 bits per heavy atom. The molecule has 0 heterocycles. The molecule has 0 fully saturated rings. The van der Waals surface area contributed by atoms with Crippen molar-refractivity contribution in [2.75, 3.05) is 84.8 Å². The number of carbonyl (C=O) groups is 5. The number of nitrogens with one attached hydrogen (secondary N) is 4. The molecule has 0 bridgehead atoms. The predicted octanol–water partition coefficient (Wildman–Crippen LogP) is 2.32. The summed E-state index contributed by atoms with van der Waals surface area (Å²) >= 11 is 0. The zero-order chi connectivity index (χ0) is 43.3. The Bertz CT molecular complexity index is 1220. The summed E-state index contributed by atoms with van der Waals surface area (Å²) in [7, 11) is -3.84. The minimum atomic E-state index is -3.84. The van der Waals surface area contributed by atoms with Gasteiger partial charge in [-0.05, 0) is 40.0 Å². The fraction of sp³-hybridized carbons (Fsp3) is 0.872. The normalized spacial score (nSPS) is 12.2. The van der Waals surface area contributed by atoms with Gasteiger partial charge < -0.3 is 50.7 Å². The van der Waals surface area contributed by atoms with Gasteiger partial charge in [-0.3, -0.25) is 23.7 Å². The van der Waals surface area contributed by atoms with Crippen LogP contribution in [0.25, 0.3) is 0 Å². The molecule has 1 unspecified atom stereocenters. The van der Waals surface area contributed by atoms with E-state index in [2.05, 4.69) is 21.3 Å². The van der Waals surface area contributed by atoms with E-state index in [0.29, 0.717) is 32.5 Å². The Balaban J connectivity index is 4.01. The van der Waals surface area contributed by atoms with Crippen molar-refractivity contribution in [2.24, 2.45) is 5.73 Å². The maximum absolute atomic E-state index is 12.8. The summed E-state index contributed by atoms with van der Waals surface area (Å²) in [6.07, 6.45) is 13.3. The predicted molar refractivity (Wildman–Crippen MR) is 219 cm³/mol. The summed E-state index contributed by atoms with van der Waals surface area (Å²) in [5.41, 5.74) is 4.55. The molecule has 0 aliphatic rings. The molecular weight excluding hydrogens is 779 g/mol. The molecule has 340 valence electrons. The minimum absolute atomic E-state index is 0.00658. The van der Waals surface area contributed by atoms with Gasteiger partial charge in [0, 0.05) is 39.0 Å². The molecule has 18 nitrogen and oxygen atoms in total. The Kier molecular flexibility index (Phi) is 34.1. The lowest BCUT2D eigenvalue weighted by atomic mass is 10.0. The van der Waals surface area contributed by atoms with Crippen LogP contribution in [0.1, 0.15) is 124 Å². The lowest BCUT2D eigenvalue weighted by Crippen LogP contribution is -2.44. The standard InChI is InChI=1S/C39H75N5O13S/c1-39(2,3)57-38(49)33(44-35(46)17-15-13-11-9-7-5-4-6-8-10-12-14-16-30-58(50,51)52)18-19-34(45)42-22-24-53-26-29-56-32-37(48)43-23-25-54-27-28-55-31-36(47)41-21-20-40/h33H,4-32,40H2,1-3H3,(H,41,47)(H,42,45)(H,43,48)(H,44,46)(H,50,51,52). The van der Waals surface area contributed by atoms with Crippen LogP contribution in [0.5, 0.6) is 0 Å². The average Bonchev–Trinajstić information content (AvgIpc) is 3.14. The molecule has 19 heteroatoms. The third kappa shape index (κ3) is 39.9. The number of hydrogen-bond donors (Lipinski definition) is 6. The van der Waals surface area contributed by atoms with Gasteiger partial charge in [0.15, 0.2) is 0 Å². The van der Waals surface area contributed by atoms with Crippen LogP contribution in [0.3, 0.4) is 0 Å². The number of nitrogens with two attached hydrogens (primary N) is 1. The van der Waals surface area contributed by atoms with E-state index in [-0.39, 0.29) is 108 Å². The van der Waals surface area contributed by atoms with Gasteiger partial charge in [-0.1, -0.05) is 70.6 Å². The number of rotatable bonds is 39. The Hall–Kier alpha value is -2.94. The third-order valence-electron chi connectivity index (χ3n) is 8.31. The van der Waals surface area contributed by atoms with Gasteiger partial charge in [0.2, 0.25) is 23.6 Å². The summed E-state index contributed by atoms with van der Waals surface area (Å²) in [5, 5.41) is 10.7. The van der Waals surface area contributed by atoms with Crippen molar-refractivity contribution in [2.45, 2.75) is 135 Å². The molecule has 0 saturated heterocycles. The fourth-order valence-corrected chi connectivity index (χ4v) is 5.94. The van der Waals surface area contributed by atoms with Crippen molar-refractivity contribution in [3.63, 3.8) is 0 Å². The molecule has 0 spiro atoms. The topological polar surface area (TPSA) is 260 Å². The highest BCUT2D eigenvalue weighted by atomic mass is 32.2. The van der Waals surface area contributed by atoms with Gasteiger partial charge in [0.05, 0.1) is 45.4 Å². The molecule has 0 aromatic carbocycles. The van der Waals surface area contributed by atoms with Crippen molar-refractivity contribution >= 4 is 39.7 Å². The molecule has 0 aromatic rings. The number of amides is 4. The van der Waals surface area contributed by atoms with Crippen LogP contribution in [-0.2, 0) is 57.8 Å². The first-order valence-corrected chi connectivity index (χ1v) is 22.5. The van der Waals surface area contributed by atoms with Crippen LogP contribution in [0.15, 0.2) is 0 Å². The minimum Gasteiger partial charge on any atom is -0.458 e. The van der Waals surface area contributed by atoms with Crippen LogP contribution in [0.4, 0.5) is 0 Å². The summed E-state index contributed by atoms with van der Waals surface area (Å²) in [5.74, 6) is -1.84. The maximum Gasteiger partial charge on any atom is 0.329 e. The highest BCUT2D eigenvalue weighted by molar-refractivity contribution is 7.85. The van der Waals surface area contributed by atoms with Crippen LogP contribution in [0.2, 0.25) is 0 Å². The number of ether oxygens (including phenoxy) is 5. The molecule has 0 rings (SSSR count). The molecule has 4 amide bonds. The van der Waals surface area contributed by atoms with Crippen LogP contribution < -0.4 is 27.0 Å². The third-order valence-corrected chi connectivity index (χ3v) is 9.11. The van der Waals surface area contributed by atoms with Gasteiger partial charge in [-0.15, -0.1) is 0 Å². The van der Waals surface area contributed by atoms with E-state index in [9.17, 15) is 32.4 Å². The highest BCUT2D eigenvalue weighted by Crippen LogP contribution is 2.14. The van der Waals surface area contributed by atoms with Crippen LogP contribution in [0, 0.1) is 0 Å². The Morgan fingerprint density at radius 3 is 1.47 bits per heavy atom. The second-order valence-electron chi connectivity index (χ2n) is 15.0. The maximum atomic E-state index is 12.8. The first kappa shape index (κ1) is 55.1. The van der Waals surface area contributed by atoms with E-state index in [1.54, 1.807) is 20.8 Å². The van der Waals surface area contributed by atoms with Gasteiger partial charge in [0.25, 0.3) is 10.1 Å². The first-order valence-electron chi connectivity index (χ1n) is 20.9. The van der Waals surface area contributed by atoms with Gasteiger partial charge >= 0.3 is 5.97 Å². The molecule has 7 N–H and O–H groups in total. The molecular formula is C39H75N5O13S. The summed E-state index contributed by atoms with van der Waals surface area (Å²) in [4.78, 5) is 61.2. The molecule has 0 radical (unpaired) electrons. The quantitative estimate of drug-likeness (QED) is 0.0295. The number of esters is 1. The van der Waals surface area contributed by atoms with E-state index in [1.165, 1.54) is 6.42 Å². The smallest absolute Gasteiger partial charge is 0.329 e.